The second-order valence-corrected chi connectivity index (χ2v) is 6.25. The molecule has 2 aliphatic heterocycles. The number of likely N-dealkylation sites (tertiary alicyclic amines) is 1. The van der Waals surface area contributed by atoms with Crippen molar-refractivity contribution in [2.45, 2.75) is 51.6 Å². The number of ether oxygens (including phenoxy) is 1. The van der Waals surface area contributed by atoms with Crippen LogP contribution in [0.15, 0.2) is 0 Å². The molecule has 2 unspecified atom stereocenters. The summed E-state index contributed by atoms with van der Waals surface area (Å²) in [6.45, 7) is 9.81. The Hall–Kier alpha value is -0.120. The van der Waals surface area contributed by atoms with Gasteiger partial charge in [0.2, 0.25) is 0 Å². The highest BCUT2D eigenvalue weighted by atomic mass is 16.5. The minimum atomic E-state index is 0.115. The summed E-state index contributed by atoms with van der Waals surface area (Å²) in [6, 6.07) is 0. The molecule has 2 aliphatic rings. The number of rotatable bonds is 3. The van der Waals surface area contributed by atoms with Crippen LogP contribution >= 0.6 is 0 Å². The Morgan fingerprint density at radius 2 is 2.18 bits per heavy atom. The summed E-state index contributed by atoms with van der Waals surface area (Å²) in [4.78, 5) is 2.56. The van der Waals surface area contributed by atoms with Crippen molar-refractivity contribution in [1.29, 1.82) is 0 Å². The van der Waals surface area contributed by atoms with Gasteiger partial charge in [-0.1, -0.05) is 6.92 Å². The summed E-state index contributed by atoms with van der Waals surface area (Å²) in [7, 11) is 0. The monoisotopic (exact) mass is 240 g/mol. The van der Waals surface area contributed by atoms with Crippen LogP contribution in [0.1, 0.15) is 46.0 Å². The molecule has 100 valence electrons. The molecule has 3 nitrogen and oxygen atoms in total. The lowest BCUT2D eigenvalue weighted by atomic mass is 9.68. The van der Waals surface area contributed by atoms with Crippen molar-refractivity contribution < 1.29 is 4.74 Å². The zero-order valence-corrected chi connectivity index (χ0v) is 11.5. The number of hydrogen-bond donors (Lipinski definition) is 1. The van der Waals surface area contributed by atoms with Gasteiger partial charge in [0.15, 0.2) is 0 Å². The van der Waals surface area contributed by atoms with Crippen LogP contribution in [0.3, 0.4) is 0 Å². The van der Waals surface area contributed by atoms with E-state index in [4.69, 9.17) is 10.5 Å². The highest BCUT2D eigenvalue weighted by molar-refractivity contribution is 4.95. The molecule has 2 atom stereocenters. The molecule has 0 aliphatic carbocycles. The fourth-order valence-electron chi connectivity index (χ4n) is 3.71. The molecule has 2 fully saturated rings. The summed E-state index contributed by atoms with van der Waals surface area (Å²) in [5, 5.41) is 0. The Morgan fingerprint density at radius 3 is 2.88 bits per heavy atom. The second-order valence-electron chi connectivity index (χ2n) is 6.25. The molecule has 0 aromatic rings. The molecular weight excluding hydrogens is 212 g/mol. The largest absolute Gasteiger partial charge is 0.375 e. The number of nitrogens with two attached hydrogens (primary N) is 1. The van der Waals surface area contributed by atoms with E-state index in [1.807, 2.05) is 0 Å². The van der Waals surface area contributed by atoms with E-state index in [1.165, 1.54) is 38.8 Å². The van der Waals surface area contributed by atoms with Crippen molar-refractivity contribution in [2.75, 3.05) is 32.8 Å². The van der Waals surface area contributed by atoms with Gasteiger partial charge < -0.3 is 15.4 Å². The average Bonchev–Trinajstić information content (AvgIpc) is 2.29. The van der Waals surface area contributed by atoms with Gasteiger partial charge in [0.05, 0.1) is 5.60 Å². The molecule has 0 aromatic carbocycles. The first-order valence-corrected chi connectivity index (χ1v) is 7.18. The van der Waals surface area contributed by atoms with Gasteiger partial charge >= 0.3 is 0 Å². The Bertz CT molecular complexity index is 253. The predicted octanol–water partition coefficient (Wildman–Crippen LogP) is 2.01. The summed E-state index contributed by atoms with van der Waals surface area (Å²) in [6.07, 6.45) is 6.32. The predicted molar refractivity (Wildman–Crippen MR) is 71.0 cm³/mol. The third kappa shape index (κ3) is 3.01. The van der Waals surface area contributed by atoms with Crippen molar-refractivity contribution in [1.82, 2.24) is 4.90 Å². The van der Waals surface area contributed by atoms with Crippen LogP contribution in [-0.2, 0) is 4.74 Å². The zero-order valence-electron chi connectivity index (χ0n) is 11.5. The van der Waals surface area contributed by atoms with Gasteiger partial charge in [-0.15, -0.1) is 0 Å². The molecule has 3 heteroatoms. The van der Waals surface area contributed by atoms with Crippen LogP contribution in [-0.4, -0.2) is 43.3 Å². The lowest BCUT2D eigenvalue weighted by molar-refractivity contribution is -0.133. The van der Waals surface area contributed by atoms with Gasteiger partial charge in [-0.05, 0) is 51.0 Å². The SMILES string of the molecule is CCC1(C)CC2(CCCN(CCN)C2)CCO1. The molecule has 2 saturated heterocycles. The normalized spacial score (nSPS) is 39.7. The molecule has 0 amide bonds. The average molecular weight is 240 g/mol. The minimum Gasteiger partial charge on any atom is -0.375 e. The van der Waals surface area contributed by atoms with Gasteiger partial charge in [-0.2, -0.15) is 0 Å². The van der Waals surface area contributed by atoms with E-state index in [1.54, 1.807) is 0 Å². The van der Waals surface area contributed by atoms with E-state index in [9.17, 15) is 0 Å². The van der Waals surface area contributed by atoms with E-state index in [0.717, 1.165) is 26.1 Å². The first-order valence-electron chi connectivity index (χ1n) is 7.18. The van der Waals surface area contributed by atoms with Crippen LogP contribution < -0.4 is 5.73 Å². The summed E-state index contributed by atoms with van der Waals surface area (Å²) in [5.41, 5.74) is 6.32. The molecule has 1 spiro atoms. The summed E-state index contributed by atoms with van der Waals surface area (Å²) in [5.74, 6) is 0. The Balaban J connectivity index is 2.02. The van der Waals surface area contributed by atoms with Crippen molar-refractivity contribution in [3.05, 3.63) is 0 Å². The van der Waals surface area contributed by atoms with Gasteiger partial charge in [-0.25, -0.2) is 0 Å². The summed E-state index contributed by atoms with van der Waals surface area (Å²) < 4.78 is 5.99. The van der Waals surface area contributed by atoms with E-state index in [2.05, 4.69) is 18.7 Å². The number of hydrogen-bond acceptors (Lipinski definition) is 3. The lowest BCUT2D eigenvalue weighted by Crippen LogP contribution is -2.52. The van der Waals surface area contributed by atoms with Crippen molar-refractivity contribution in [3.8, 4) is 0 Å². The van der Waals surface area contributed by atoms with E-state index < -0.39 is 0 Å². The minimum absolute atomic E-state index is 0.115. The maximum atomic E-state index is 5.99. The van der Waals surface area contributed by atoms with Gasteiger partial charge in [0, 0.05) is 26.2 Å². The molecule has 2 rings (SSSR count). The molecule has 17 heavy (non-hydrogen) atoms. The molecule has 0 aromatic heterocycles. The zero-order chi connectivity index (χ0) is 12.4. The van der Waals surface area contributed by atoms with Crippen molar-refractivity contribution >= 4 is 0 Å². The topological polar surface area (TPSA) is 38.5 Å². The highest BCUT2D eigenvalue weighted by Crippen LogP contribution is 2.45. The van der Waals surface area contributed by atoms with Crippen LogP contribution in [0, 0.1) is 5.41 Å². The van der Waals surface area contributed by atoms with Crippen LogP contribution in [0.4, 0.5) is 0 Å². The fourth-order valence-corrected chi connectivity index (χ4v) is 3.71. The third-order valence-corrected chi connectivity index (χ3v) is 4.77. The maximum Gasteiger partial charge on any atom is 0.0657 e. The Labute approximate surface area is 106 Å². The molecule has 2 heterocycles. The first-order chi connectivity index (χ1) is 8.11. The Kier molecular flexibility index (Phi) is 4.11. The van der Waals surface area contributed by atoms with Crippen LogP contribution in [0.25, 0.3) is 0 Å². The standard InChI is InChI=1S/C14H28N2O/c1-3-13(2)11-14(6-10-17-13)5-4-8-16(12-14)9-7-15/h3-12,15H2,1-2H3. The number of piperidine rings is 1. The molecule has 0 radical (unpaired) electrons. The molecule has 0 saturated carbocycles. The molecule has 0 bridgehead atoms. The molecular formula is C14H28N2O. The third-order valence-electron chi connectivity index (χ3n) is 4.77. The highest BCUT2D eigenvalue weighted by Gasteiger charge is 2.44. The van der Waals surface area contributed by atoms with Crippen LogP contribution in [0.5, 0.6) is 0 Å². The fraction of sp³-hybridized carbons (Fsp3) is 1.00. The molecule has 2 N–H and O–H groups in total. The van der Waals surface area contributed by atoms with Gasteiger partial charge in [0.1, 0.15) is 0 Å². The maximum absolute atomic E-state index is 5.99. The number of nitrogens with zero attached hydrogens (tertiary/aromatic N) is 1. The first kappa shape index (κ1) is 13.3. The van der Waals surface area contributed by atoms with Gasteiger partial charge in [-0.3, -0.25) is 0 Å². The quantitative estimate of drug-likeness (QED) is 0.820. The lowest BCUT2D eigenvalue weighted by Gasteiger charge is -2.50. The van der Waals surface area contributed by atoms with Crippen LogP contribution in [0.2, 0.25) is 0 Å². The van der Waals surface area contributed by atoms with Crippen molar-refractivity contribution in [3.63, 3.8) is 0 Å². The van der Waals surface area contributed by atoms with Gasteiger partial charge in [0.25, 0.3) is 0 Å². The Morgan fingerprint density at radius 1 is 1.35 bits per heavy atom. The van der Waals surface area contributed by atoms with E-state index in [-0.39, 0.29) is 5.60 Å². The summed E-state index contributed by atoms with van der Waals surface area (Å²) >= 11 is 0. The second kappa shape index (κ2) is 5.25. The van der Waals surface area contributed by atoms with E-state index >= 15 is 0 Å². The van der Waals surface area contributed by atoms with Crippen molar-refractivity contribution in [2.24, 2.45) is 11.1 Å². The van der Waals surface area contributed by atoms with E-state index in [0.29, 0.717) is 5.41 Å². The smallest absolute Gasteiger partial charge is 0.0657 e.